The molecule has 1 unspecified atom stereocenters. The first kappa shape index (κ1) is 17.7. The van der Waals surface area contributed by atoms with Gasteiger partial charge < -0.3 is 0 Å². The van der Waals surface area contributed by atoms with Crippen LogP contribution in [0.2, 0.25) is 0 Å². The van der Waals surface area contributed by atoms with Crippen molar-refractivity contribution in [3.05, 3.63) is 48.0 Å². The van der Waals surface area contributed by atoms with Crippen LogP contribution in [0.15, 0.2) is 42.5 Å². The van der Waals surface area contributed by atoms with Crippen LogP contribution in [0.4, 0.5) is 0 Å². The van der Waals surface area contributed by atoms with Crippen molar-refractivity contribution in [2.45, 2.75) is 65.2 Å². The Bertz CT molecular complexity index is 405. The first-order valence-corrected chi connectivity index (χ1v) is 8.49. The molecular weight excluding hydrogens is 256 g/mol. The molecule has 116 valence electrons. The summed E-state index contributed by atoms with van der Waals surface area (Å²) in [4.78, 5) is 12.1. The third-order valence-corrected chi connectivity index (χ3v) is 3.79. The number of hydrogen-bond acceptors (Lipinski definition) is 1. The lowest BCUT2D eigenvalue weighted by Gasteiger charge is -2.05. The molecule has 1 aromatic rings. The van der Waals surface area contributed by atoms with Crippen molar-refractivity contribution in [3.63, 3.8) is 0 Å². The molecule has 0 saturated carbocycles. The Kier molecular flexibility index (Phi) is 9.52. The summed E-state index contributed by atoms with van der Waals surface area (Å²) < 4.78 is 0. The number of benzene rings is 1. The molecular formula is C20H30O. The fourth-order valence-electron chi connectivity index (χ4n) is 2.47. The van der Waals surface area contributed by atoms with Gasteiger partial charge in [-0.2, -0.15) is 0 Å². The van der Waals surface area contributed by atoms with Gasteiger partial charge in [-0.3, -0.25) is 4.79 Å². The molecule has 1 nitrogen and oxygen atoms in total. The van der Waals surface area contributed by atoms with Gasteiger partial charge in [0.1, 0.15) is 0 Å². The molecule has 0 fully saturated rings. The summed E-state index contributed by atoms with van der Waals surface area (Å²) in [7, 11) is 0. The predicted octanol–water partition coefficient (Wildman–Crippen LogP) is 6.20. The number of rotatable bonds is 11. The van der Waals surface area contributed by atoms with E-state index in [1.54, 1.807) is 0 Å². The summed E-state index contributed by atoms with van der Waals surface area (Å²) >= 11 is 0. The van der Waals surface area contributed by atoms with Crippen LogP contribution in [0.1, 0.15) is 75.6 Å². The molecule has 0 aliphatic rings. The van der Waals surface area contributed by atoms with E-state index in [1.807, 2.05) is 30.3 Å². The van der Waals surface area contributed by atoms with Gasteiger partial charge in [0.25, 0.3) is 0 Å². The van der Waals surface area contributed by atoms with Gasteiger partial charge in [0, 0.05) is 12.0 Å². The average molecular weight is 286 g/mol. The van der Waals surface area contributed by atoms with Crippen LogP contribution < -0.4 is 0 Å². The molecule has 0 bridgehead atoms. The fourth-order valence-corrected chi connectivity index (χ4v) is 2.47. The van der Waals surface area contributed by atoms with Crippen LogP contribution in [-0.4, -0.2) is 5.78 Å². The molecule has 1 heteroatoms. The summed E-state index contributed by atoms with van der Waals surface area (Å²) in [5.74, 6) is 0.574. The van der Waals surface area contributed by atoms with E-state index in [1.165, 1.54) is 38.5 Å². The van der Waals surface area contributed by atoms with Gasteiger partial charge in [-0.15, -0.1) is 0 Å². The highest BCUT2D eigenvalue weighted by Gasteiger charge is 2.08. The van der Waals surface area contributed by atoms with Gasteiger partial charge in [0.05, 0.1) is 0 Å². The smallest absolute Gasteiger partial charge is 0.163 e. The van der Waals surface area contributed by atoms with Crippen LogP contribution in [-0.2, 0) is 0 Å². The largest absolute Gasteiger partial charge is 0.294 e. The monoisotopic (exact) mass is 286 g/mol. The van der Waals surface area contributed by atoms with E-state index in [4.69, 9.17) is 0 Å². The summed E-state index contributed by atoms with van der Waals surface area (Å²) in [6.07, 6.45) is 14.2. The Labute approximate surface area is 130 Å². The lowest BCUT2D eigenvalue weighted by atomic mass is 9.99. The van der Waals surface area contributed by atoms with Crippen LogP contribution in [0.25, 0.3) is 0 Å². The molecule has 0 heterocycles. The Hall–Kier alpha value is -1.37. The maximum Gasteiger partial charge on any atom is 0.163 e. The highest BCUT2D eigenvalue weighted by Crippen LogP contribution is 2.12. The Morgan fingerprint density at radius 1 is 1.05 bits per heavy atom. The summed E-state index contributed by atoms with van der Waals surface area (Å²) in [6, 6.07) is 9.59. The van der Waals surface area contributed by atoms with Gasteiger partial charge in [-0.05, 0) is 18.8 Å². The standard InChI is InChI=1S/C20H30O/c1-3-4-5-6-7-8-9-11-14-18(2)17-20(21)19-15-12-10-13-16-19/h10-16,18H,3-9,17H2,1-2H3/b14-11+. The Morgan fingerprint density at radius 3 is 2.43 bits per heavy atom. The zero-order valence-corrected chi connectivity index (χ0v) is 13.7. The number of Topliss-reactive ketones (excluding diaryl/α,β-unsaturated/α-hetero) is 1. The quantitative estimate of drug-likeness (QED) is 0.269. The van der Waals surface area contributed by atoms with Gasteiger partial charge in [0.15, 0.2) is 5.78 Å². The molecule has 0 spiro atoms. The fraction of sp³-hybridized carbons (Fsp3) is 0.550. The van der Waals surface area contributed by atoms with E-state index in [9.17, 15) is 4.79 Å². The summed E-state index contributed by atoms with van der Waals surface area (Å²) in [6.45, 7) is 4.37. The Morgan fingerprint density at radius 2 is 1.71 bits per heavy atom. The zero-order chi connectivity index (χ0) is 15.3. The molecule has 0 radical (unpaired) electrons. The topological polar surface area (TPSA) is 17.1 Å². The maximum absolute atomic E-state index is 12.1. The molecule has 0 aromatic heterocycles. The number of allylic oxidation sites excluding steroid dienone is 2. The van der Waals surface area contributed by atoms with E-state index in [0.29, 0.717) is 12.3 Å². The van der Waals surface area contributed by atoms with Crippen molar-refractivity contribution in [2.75, 3.05) is 0 Å². The molecule has 1 rings (SSSR count). The number of carbonyl (C=O) groups is 1. The Balaban J connectivity index is 2.14. The molecule has 21 heavy (non-hydrogen) atoms. The van der Waals surface area contributed by atoms with E-state index < -0.39 is 0 Å². The van der Waals surface area contributed by atoms with Crippen molar-refractivity contribution >= 4 is 5.78 Å². The second kappa shape index (κ2) is 11.3. The van der Waals surface area contributed by atoms with Crippen LogP contribution in [0.5, 0.6) is 0 Å². The summed E-state index contributed by atoms with van der Waals surface area (Å²) in [5.41, 5.74) is 0.827. The van der Waals surface area contributed by atoms with Gasteiger partial charge >= 0.3 is 0 Å². The number of carbonyl (C=O) groups excluding carboxylic acids is 1. The predicted molar refractivity (Wildman–Crippen MR) is 91.7 cm³/mol. The third kappa shape index (κ3) is 8.49. The number of hydrogen-bond donors (Lipinski definition) is 0. The van der Waals surface area contributed by atoms with E-state index in [0.717, 1.165) is 12.0 Å². The van der Waals surface area contributed by atoms with Crippen molar-refractivity contribution in [2.24, 2.45) is 5.92 Å². The molecule has 0 N–H and O–H groups in total. The van der Waals surface area contributed by atoms with Gasteiger partial charge in [0.2, 0.25) is 0 Å². The average Bonchev–Trinajstić information content (AvgIpc) is 2.50. The lowest BCUT2D eigenvalue weighted by molar-refractivity contribution is 0.0972. The molecule has 0 amide bonds. The second-order valence-corrected chi connectivity index (χ2v) is 5.96. The highest BCUT2D eigenvalue weighted by atomic mass is 16.1. The van der Waals surface area contributed by atoms with E-state index in [-0.39, 0.29) is 5.78 Å². The molecule has 0 saturated heterocycles. The molecule has 1 atom stereocenters. The number of ketones is 1. The summed E-state index contributed by atoms with van der Waals surface area (Å²) in [5, 5.41) is 0. The lowest BCUT2D eigenvalue weighted by Crippen LogP contribution is -2.03. The van der Waals surface area contributed by atoms with Gasteiger partial charge in [-0.1, -0.05) is 88.4 Å². The van der Waals surface area contributed by atoms with E-state index in [2.05, 4.69) is 26.0 Å². The third-order valence-electron chi connectivity index (χ3n) is 3.79. The van der Waals surface area contributed by atoms with Crippen LogP contribution in [0.3, 0.4) is 0 Å². The van der Waals surface area contributed by atoms with Gasteiger partial charge in [-0.25, -0.2) is 0 Å². The maximum atomic E-state index is 12.1. The minimum atomic E-state index is 0.243. The highest BCUT2D eigenvalue weighted by molar-refractivity contribution is 5.96. The SMILES string of the molecule is CCCCCCCC/C=C/C(C)CC(=O)c1ccccc1. The van der Waals surface area contributed by atoms with Crippen molar-refractivity contribution in [1.82, 2.24) is 0 Å². The molecule has 0 aliphatic carbocycles. The van der Waals surface area contributed by atoms with Crippen LogP contribution in [0, 0.1) is 5.92 Å². The molecule has 1 aromatic carbocycles. The normalized spacial score (nSPS) is 12.7. The minimum Gasteiger partial charge on any atom is -0.294 e. The van der Waals surface area contributed by atoms with E-state index >= 15 is 0 Å². The molecule has 0 aliphatic heterocycles. The first-order chi connectivity index (χ1) is 10.2. The second-order valence-electron chi connectivity index (χ2n) is 5.96. The van der Waals surface area contributed by atoms with Crippen molar-refractivity contribution < 1.29 is 4.79 Å². The van der Waals surface area contributed by atoms with Crippen molar-refractivity contribution in [1.29, 1.82) is 0 Å². The van der Waals surface area contributed by atoms with Crippen LogP contribution >= 0.6 is 0 Å². The number of unbranched alkanes of at least 4 members (excludes halogenated alkanes) is 6. The van der Waals surface area contributed by atoms with Crippen molar-refractivity contribution in [3.8, 4) is 0 Å². The minimum absolute atomic E-state index is 0.243. The zero-order valence-electron chi connectivity index (χ0n) is 13.7. The first-order valence-electron chi connectivity index (χ1n) is 8.49.